The molecule has 1 unspecified atom stereocenters. The Bertz CT molecular complexity index is 751. The van der Waals surface area contributed by atoms with Crippen LogP contribution in [0.5, 0.6) is 5.75 Å². The van der Waals surface area contributed by atoms with Crippen molar-refractivity contribution in [2.75, 3.05) is 32.9 Å². The molecule has 1 saturated heterocycles. The third-order valence-corrected chi connectivity index (χ3v) is 4.40. The molecule has 3 rings (SSSR count). The van der Waals surface area contributed by atoms with Crippen LogP contribution in [0.25, 0.3) is 11.0 Å². The van der Waals surface area contributed by atoms with Crippen molar-refractivity contribution < 1.29 is 13.9 Å². The molecule has 1 aliphatic rings. The Balaban J connectivity index is 0.00000225. The molecule has 2 heterocycles. The number of rotatable bonds is 5. The monoisotopic (exact) mass is 367 g/mol. The molecule has 0 amide bonds. The summed E-state index contributed by atoms with van der Waals surface area (Å²) in [6.07, 6.45) is 1.86. The van der Waals surface area contributed by atoms with Gasteiger partial charge in [0.15, 0.2) is 0 Å². The van der Waals surface area contributed by atoms with Crippen molar-refractivity contribution >= 4 is 23.4 Å². The third-order valence-electron chi connectivity index (χ3n) is 4.40. The molecule has 0 aliphatic carbocycles. The Kier molecular flexibility index (Phi) is 7.29. The smallest absolute Gasteiger partial charge is 0.336 e. The van der Waals surface area contributed by atoms with E-state index < -0.39 is 0 Å². The Morgan fingerprint density at radius 3 is 3.00 bits per heavy atom. The fourth-order valence-corrected chi connectivity index (χ4v) is 3.11. The van der Waals surface area contributed by atoms with Crippen LogP contribution in [0, 0.1) is 12.8 Å². The molecule has 0 saturated carbocycles. The summed E-state index contributed by atoms with van der Waals surface area (Å²) in [5, 5.41) is 4.34. The quantitative estimate of drug-likeness (QED) is 0.823. The van der Waals surface area contributed by atoms with Gasteiger partial charge in [0.05, 0.1) is 19.8 Å². The minimum absolute atomic E-state index is 0. The fourth-order valence-electron chi connectivity index (χ4n) is 3.11. The van der Waals surface area contributed by atoms with Gasteiger partial charge < -0.3 is 19.2 Å². The normalized spacial score (nSPS) is 17.8. The topological polar surface area (TPSA) is 60.7 Å². The zero-order valence-electron chi connectivity index (χ0n) is 14.8. The molecule has 1 aromatic carbocycles. The van der Waals surface area contributed by atoms with Crippen molar-refractivity contribution in [1.82, 2.24) is 5.32 Å². The number of benzene rings is 1. The van der Waals surface area contributed by atoms with E-state index in [1.165, 1.54) is 0 Å². The molecule has 1 aromatic heterocycles. The maximum atomic E-state index is 11.9. The van der Waals surface area contributed by atoms with E-state index in [1.807, 2.05) is 19.1 Å². The highest BCUT2D eigenvalue weighted by atomic mass is 35.5. The molecule has 25 heavy (non-hydrogen) atoms. The Morgan fingerprint density at radius 2 is 2.20 bits per heavy atom. The van der Waals surface area contributed by atoms with Crippen LogP contribution in [-0.4, -0.2) is 32.9 Å². The molecular formula is C19H26ClNO4. The first-order chi connectivity index (χ1) is 11.7. The SMILES string of the molecule is CCCc1cc(=O)oc2c(C)c(OCC3CNCCOC3)ccc12.Cl. The highest BCUT2D eigenvalue weighted by molar-refractivity contribution is 5.85. The number of nitrogens with one attached hydrogen (secondary N) is 1. The number of fused-ring (bicyclic) bond motifs is 1. The van der Waals surface area contributed by atoms with E-state index in [1.54, 1.807) is 6.07 Å². The molecule has 6 heteroatoms. The number of ether oxygens (including phenoxy) is 2. The molecule has 1 N–H and O–H groups in total. The van der Waals surface area contributed by atoms with E-state index in [0.29, 0.717) is 24.7 Å². The van der Waals surface area contributed by atoms with Gasteiger partial charge >= 0.3 is 5.63 Å². The summed E-state index contributed by atoms with van der Waals surface area (Å²) in [4.78, 5) is 11.9. The minimum Gasteiger partial charge on any atom is -0.493 e. The molecule has 0 bridgehead atoms. The van der Waals surface area contributed by atoms with Crippen LogP contribution < -0.4 is 15.7 Å². The molecule has 5 nitrogen and oxygen atoms in total. The van der Waals surface area contributed by atoms with Crippen LogP contribution in [0.15, 0.2) is 27.4 Å². The summed E-state index contributed by atoms with van der Waals surface area (Å²) in [7, 11) is 0. The molecule has 0 spiro atoms. The van der Waals surface area contributed by atoms with Crippen LogP contribution in [0.1, 0.15) is 24.5 Å². The summed E-state index contributed by atoms with van der Waals surface area (Å²) in [6.45, 7) is 7.86. The number of hydrogen-bond donors (Lipinski definition) is 1. The van der Waals surface area contributed by atoms with E-state index in [2.05, 4.69) is 12.2 Å². The van der Waals surface area contributed by atoms with Gasteiger partial charge in [-0.1, -0.05) is 13.3 Å². The van der Waals surface area contributed by atoms with Gasteiger partial charge in [0, 0.05) is 36.0 Å². The second-order valence-electron chi connectivity index (χ2n) is 6.36. The average Bonchev–Trinajstić information content (AvgIpc) is 2.84. The lowest BCUT2D eigenvalue weighted by molar-refractivity contribution is 0.101. The van der Waals surface area contributed by atoms with Crippen molar-refractivity contribution in [3.05, 3.63) is 39.7 Å². The van der Waals surface area contributed by atoms with Crippen molar-refractivity contribution in [2.24, 2.45) is 5.92 Å². The second-order valence-corrected chi connectivity index (χ2v) is 6.36. The molecule has 1 atom stereocenters. The Labute approximate surface area is 154 Å². The first-order valence-corrected chi connectivity index (χ1v) is 8.66. The van der Waals surface area contributed by atoms with Crippen LogP contribution in [-0.2, 0) is 11.2 Å². The van der Waals surface area contributed by atoms with Crippen LogP contribution in [0.4, 0.5) is 0 Å². The number of halogens is 1. The van der Waals surface area contributed by atoms with E-state index in [0.717, 1.165) is 54.8 Å². The van der Waals surface area contributed by atoms with Crippen LogP contribution in [0.3, 0.4) is 0 Å². The standard InChI is InChI=1S/C19H25NO4.ClH/c1-3-4-15-9-18(21)24-19-13(2)17(6-5-16(15)19)23-12-14-10-20-7-8-22-11-14;/h5-6,9,14,20H,3-4,7-8,10-12H2,1-2H3;1H. The molecule has 138 valence electrons. The fraction of sp³-hybridized carbons (Fsp3) is 0.526. The summed E-state index contributed by atoms with van der Waals surface area (Å²) >= 11 is 0. The predicted octanol–water partition coefficient (Wildman–Crippen LogP) is 3.09. The van der Waals surface area contributed by atoms with Gasteiger partial charge in [-0.05, 0) is 31.0 Å². The first-order valence-electron chi connectivity index (χ1n) is 8.66. The molecule has 0 radical (unpaired) electrons. The highest BCUT2D eigenvalue weighted by Crippen LogP contribution is 2.29. The van der Waals surface area contributed by atoms with Gasteiger partial charge in [-0.15, -0.1) is 12.4 Å². The lowest BCUT2D eigenvalue weighted by Gasteiger charge is -2.17. The summed E-state index contributed by atoms with van der Waals surface area (Å²) in [6, 6.07) is 5.57. The van der Waals surface area contributed by atoms with Gasteiger partial charge in [-0.25, -0.2) is 4.79 Å². The minimum atomic E-state index is -0.299. The lowest BCUT2D eigenvalue weighted by atomic mass is 10.0. The Morgan fingerprint density at radius 1 is 1.36 bits per heavy atom. The lowest BCUT2D eigenvalue weighted by Crippen LogP contribution is -2.27. The number of aryl methyl sites for hydroxylation is 2. The van der Waals surface area contributed by atoms with E-state index in [4.69, 9.17) is 13.9 Å². The average molecular weight is 368 g/mol. The maximum Gasteiger partial charge on any atom is 0.336 e. The zero-order chi connectivity index (χ0) is 16.9. The van der Waals surface area contributed by atoms with Gasteiger partial charge in [-0.3, -0.25) is 0 Å². The number of hydrogen-bond acceptors (Lipinski definition) is 5. The summed E-state index contributed by atoms with van der Waals surface area (Å²) in [5.74, 6) is 1.09. The van der Waals surface area contributed by atoms with Gasteiger partial charge in [-0.2, -0.15) is 0 Å². The molecule has 2 aromatic rings. The Hall–Kier alpha value is -1.56. The van der Waals surface area contributed by atoms with Gasteiger partial charge in [0.2, 0.25) is 0 Å². The van der Waals surface area contributed by atoms with Crippen molar-refractivity contribution in [3.63, 3.8) is 0 Å². The van der Waals surface area contributed by atoms with Gasteiger partial charge in [0.1, 0.15) is 11.3 Å². The van der Waals surface area contributed by atoms with Crippen LogP contribution >= 0.6 is 12.4 Å². The zero-order valence-corrected chi connectivity index (χ0v) is 15.6. The second kappa shape index (κ2) is 9.22. The largest absolute Gasteiger partial charge is 0.493 e. The first kappa shape index (κ1) is 19.8. The van der Waals surface area contributed by atoms with E-state index in [9.17, 15) is 4.79 Å². The van der Waals surface area contributed by atoms with Gasteiger partial charge in [0.25, 0.3) is 0 Å². The molecule has 1 fully saturated rings. The van der Waals surface area contributed by atoms with E-state index in [-0.39, 0.29) is 18.0 Å². The predicted molar refractivity (Wildman–Crippen MR) is 101 cm³/mol. The summed E-state index contributed by atoms with van der Waals surface area (Å²) < 4.78 is 17.0. The highest BCUT2D eigenvalue weighted by Gasteiger charge is 2.15. The molecule has 1 aliphatic heterocycles. The van der Waals surface area contributed by atoms with E-state index >= 15 is 0 Å². The van der Waals surface area contributed by atoms with Crippen molar-refractivity contribution in [2.45, 2.75) is 26.7 Å². The third kappa shape index (κ3) is 4.75. The summed E-state index contributed by atoms with van der Waals surface area (Å²) in [5.41, 5.74) is 2.26. The van der Waals surface area contributed by atoms with Crippen LogP contribution in [0.2, 0.25) is 0 Å². The maximum absolute atomic E-state index is 11.9. The van der Waals surface area contributed by atoms with Crippen molar-refractivity contribution in [3.8, 4) is 5.75 Å². The van der Waals surface area contributed by atoms with Crippen molar-refractivity contribution in [1.29, 1.82) is 0 Å². The molecular weight excluding hydrogens is 342 g/mol.